The van der Waals surface area contributed by atoms with E-state index >= 15 is 0 Å². The molecule has 0 aliphatic heterocycles. The Morgan fingerprint density at radius 1 is 0.638 bits per heavy atom. The van der Waals surface area contributed by atoms with Gasteiger partial charge in [-0.1, -0.05) is 164 Å². The van der Waals surface area contributed by atoms with E-state index in [0.29, 0.717) is 32.1 Å². The highest BCUT2D eigenvalue weighted by molar-refractivity contribution is 5.76. The molecule has 0 aromatic carbocycles. The number of carbonyl (C=O) groups excluding carboxylic acids is 1. The van der Waals surface area contributed by atoms with E-state index < -0.39 is 37.1 Å². The standard InChI is InChI=1S/C40H69NO6/c1-3-5-7-8-9-10-11-12-13-14-18-26-32-38(45)40(47)37(34-42)41-39(46)33-27-19-16-15-17-23-29-36(44)31-25-21-20-24-30-35(43)28-22-6-4-2/h6,16-17,19-25,30-31,35-38,40,42-45,47H,3-5,7-15,18,26-29,32-34H2,1-2H3,(H,41,46)/b19-16-,21-20-,22-6-,23-17-,30-24+,31-25+/t35-,36+,37-,38+,40+/m0/s1. The number of rotatable bonds is 31. The van der Waals surface area contributed by atoms with Gasteiger partial charge in [-0.3, -0.25) is 4.79 Å². The van der Waals surface area contributed by atoms with Gasteiger partial charge >= 0.3 is 0 Å². The summed E-state index contributed by atoms with van der Waals surface area (Å²) < 4.78 is 0. The third-order valence-electron chi connectivity index (χ3n) is 8.00. The van der Waals surface area contributed by atoms with E-state index in [1.807, 2.05) is 48.6 Å². The van der Waals surface area contributed by atoms with Crippen LogP contribution in [0.5, 0.6) is 0 Å². The normalized spacial score (nSPS) is 16.0. The first-order chi connectivity index (χ1) is 22.8. The molecule has 0 unspecified atom stereocenters. The smallest absolute Gasteiger partial charge is 0.220 e. The Morgan fingerprint density at radius 3 is 1.68 bits per heavy atom. The van der Waals surface area contributed by atoms with Gasteiger partial charge in [0.2, 0.25) is 5.91 Å². The van der Waals surface area contributed by atoms with Crippen molar-refractivity contribution in [3.8, 4) is 0 Å². The van der Waals surface area contributed by atoms with Gasteiger partial charge in [0, 0.05) is 6.42 Å². The van der Waals surface area contributed by atoms with Crippen molar-refractivity contribution in [3.05, 3.63) is 72.9 Å². The summed E-state index contributed by atoms with van der Waals surface area (Å²) >= 11 is 0. The van der Waals surface area contributed by atoms with Crippen molar-refractivity contribution in [1.29, 1.82) is 0 Å². The molecule has 5 atom stereocenters. The number of allylic oxidation sites excluding steroid dienone is 8. The van der Waals surface area contributed by atoms with Crippen molar-refractivity contribution < 1.29 is 30.3 Å². The summed E-state index contributed by atoms with van der Waals surface area (Å²) in [5.41, 5.74) is 0. The lowest BCUT2D eigenvalue weighted by Gasteiger charge is -2.26. The Hall–Kier alpha value is -2.29. The zero-order chi connectivity index (χ0) is 34.8. The molecular weight excluding hydrogens is 590 g/mol. The second kappa shape index (κ2) is 33.6. The molecule has 6 N–H and O–H groups in total. The van der Waals surface area contributed by atoms with Crippen LogP contribution < -0.4 is 5.32 Å². The molecule has 0 aliphatic rings. The van der Waals surface area contributed by atoms with Crippen LogP contribution in [0.25, 0.3) is 0 Å². The zero-order valence-electron chi connectivity index (χ0n) is 29.6. The van der Waals surface area contributed by atoms with Crippen LogP contribution in [0, 0.1) is 0 Å². The summed E-state index contributed by atoms with van der Waals surface area (Å²) in [5, 5.41) is 53.1. The molecule has 47 heavy (non-hydrogen) atoms. The molecule has 0 spiro atoms. The van der Waals surface area contributed by atoms with E-state index in [2.05, 4.69) is 19.2 Å². The van der Waals surface area contributed by atoms with Crippen molar-refractivity contribution in [1.82, 2.24) is 5.32 Å². The SMILES string of the molecule is CC/C=C\C[C@H](O)/C=C/C=C\C=C\[C@H](O)C/C=C\C/C=C\CCC(=O)N[C@@H](CO)[C@@H](O)[C@H](O)CCCCCCCCCCCCCC. The number of aliphatic hydroxyl groups excluding tert-OH is 5. The fourth-order valence-corrected chi connectivity index (χ4v) is 5.06. The molecule has 0 aromatic rings. The summed E-state index contributed by atoms with van der Waals surface area (Å²) in [7, 11) is 0. The second-order valence-electron chi connectivity index (χ2n) is 12.4. The van der Waals surface area contributed by atoms with E-state index in [-0.39, 0.29) is 12.3 Å². The average molecular weight is 660 g/mol. The van der Waals surface area contributed by atoms with Crippen LogP contribution in [0.1, 0.15) is 136 Å². The predicted molar refractivity (Wildman–Crippen MR) is 197 cm³/mol. The van der Waals surface area contributed by atoms with Crippen molar-refractivity contribution in [3.63, 3.8) is 0 Å². The highest BCUT2D eigenvalue weighted by atomic mass is 16.3. The number of aliphatic hydroxyl groups is 5. The molecule has 0 aliphatic carbocycles. The minimum atomic E-state index is -1.20. The van der Waals surface area contributed by atoms with Crippen molar-refractivity contribution in [2.75, 3.05) is 6.61 Å². The van der Waals surface area contributed by atoms with E-state index in [1.54, 1.807) is 24.3 Å². The molecule has 0 fully saturated rings. The van der Waals surface area contributed by atoms with Gasteiger partial charge in [0.1, 0.15) is 6.10 Å². The lowest BCUT2D eigenvalue weighted by atomic mass is 9.99. The molecule has 0 saturated carbocycles. The van der Waals surface area contributed by atoms with Crippen LogP contribution in [0.15, 0.2) is 72.9 Å². The minimum absolute atomic E-state index is 0.222. The molecule has 0 radical (unpaired) electrons. The van der Waals surface area contributed by atoms with Crippen molar-refractivity contribution in [2.24, 2.45) is 0 Å². The van der Waals surface area contributed by atoms with Crippen LogP contribution in [-0.2, 0) is 4.79 Å². The van der Waals surface area contributed by atoms with Crippen LogP contribution in [0.3, 0.4) is 0 Å². The number of hydrogen-bond acceptors (Lipinski definition) is 6. The number of hydrogen-bond donors (Lipinski definition) is 6. The van der Waals surface area contributed by atoms with Gasteiger partial charge in [0.15, 0.2) is 0 Å². The summed E-state index contributed by atoms with van der Waals surface area (Å²) in [6.07, 6.45) is 37.7. The van der Waals surface area contributed by atoms with Crippen LogP contribution in [0.2, 0.25) is 0 Å². The van der Waals surface area contributed by atoms with E-state index in [0.717, 1.165) is 25.7 Å². The average Bonchev–Trinajstić information content (AvgIpc) is 3.06. The lowest BCUT2D eigenvalue weighted by Crippen LogP contribution is -2.50. The molecule has 0 saturated heterocycles. The van der Waals surface area contributed by atoms with Crippen LogP contribution in [0.4, 0.5) is 0 Å². The Bertz CT molecular complexity index is 893. The number of unbranched alkanes of at least 4 members (excludes halogenated alkanes) is 11. The van der Waals surface area contributed by atoms with Gasteiger partial charge in [0.25, 0.3) is 0 Å². The summed E-state index contributed by atoms with van der Waals surface area (Å²) in [4.78, 5) is 12.3. The zero-order valence-corrected chi connectivity index (χ0v) is 29.6. The topological polar surface area (TPSA) is 130 Å². The van der Waals surface area contributed by atoms with Gasteiger partial charge in [-0.2, -0.15) is 0 Å². The first kappa shape index (κ1) is 44.7. The highest BCUT2D eigenvalue weighted by Crippen LogP contribution is 2.15. The summed E-state index contributed by atoms with van der Waals surface area (Å²) in [5.74, 6) is -0.277. The third kappa shape index (κ3) is 29.6. The van der Waals surface area contributed by atoms with Crippen LogP contribution in [-0.4, -0.2) is 68.5 Å². The van der Waals surface area contributed by atoms with Gasteiger partial charge in [0.05, 0.1) is 31.0 Å². The number of nitrogens with one attached hydrogen (secondary N) is 1. The summed E-state index contributed by atoms with van der Waals surface area (Å²) in [6, 6.07) is -0.889. The first-order valence-corrected chi connectivity index (χ1v) is 18.4. The molecule has 7 nitrogen and oxygen atoms in total. The monoisotopic (exact) mass is 660 g/mol. The molecular formula is C40H69NO6. The Balaban J connectivity index is 4.03. The maximum atomic E-state index is 12.3. The molecule has 0 rings (SSSR count). The fourth-order valence-electron chi connectivity index (χ4n) is 5.06. The Morgan fingerprint density at radius 2 is 1.15 bits per heavy atom. The highest BCUT2D eigenvalue weighted by Gasteiger charge is 2.26. The fraction of sp³-hybridized carbons (Fsp3) is 0.675. The van der Waals surface area contributed by atoms with Crippen molar-refractivity contribution >= 4 is 5.91 Å². The maximum absolute atomic E-state index is 12.3. The molecule has 7 heteroatoms. The lowest BCUT2D eigenvalue weighted by molar-refractivity contribution is -0.124. The van der Waals surface area contributed by atoms with Gasteiger partial charge in [-0.15, -0.1) is 0 Å². The van der Waals surface area contributed by atoms with E-state index in [4.69, 9.17) is 0 Å². The predicted octanol–water partition coefficient (Wildman–Crippen LogP) is 7.70. The third-order valence-corrected chi connectivity index (χ3v) is 8.00. The van der Waals surface area contributed by atoms with E-state index in [1.165, 1.54) is 57.8 Å². The summed E-state index contributed by atoms with van der Waals surface area (Å²) in [6.45, 7) is 3.87. The van der Waals surface area contributed by atoms with Crippen LogP contribution >= 0.6 is 0 Å². The maximum Gasteiger partial charge on any atom is 0.220 e. The minimum Gasteiger partial charge on any atom is -0.394 e. The number of amides is 1. The van der Waals surface area contributed by atoms with Gasteiger partial charge in [-0.25, -0.2) is 0 Å². The second-order valence-corrected chi connectivity index (χ2v) is 12.4. The Labute approximate surface area is 287 Å². The molecule has 0 bridgehead atoms. The van der Waals surface area contributed by atoms with E-state index in [9.17, 15) is 30.3 Å². The van der Waals surface area contributed by atoms with Crippen molar-refractivity contribution in [2.45, 2.75) is 166 Å². The largest absolute Gasteiger partial charge is 0.394 e. The molecule has 0 aromatic heterocycles. The quantitative estimate of drug-likeness (QED) is 0.0257. The molecule has 1 amide bonds. The molecule has 0 heterocycles. The molecule has 270 valence electrons. The Kier molecular flexibility index (Phi) is 32.0. The van der Waals surface area contributed by atoms with Gasteiger partial charge in [-0.05, 0) is 38.5 Å². The first-order valence-electron chi connectivity index (χ1n) is 18.4. The number of carbonyl (C=O) groups is 1. The van der Waals surface area contributed by atoms with Gasteiger partial charge < -0.3 is 30.8 Å².